The second-order valence-electron chi connectivity index (χ2n) is 8.19. The average molecular weight is 483 g/mol. The molecule has 2 heterocycles. The van der Waals surface area contributed by atoms with Crippen LogP contribution < -0.4 is 21.5 Å². The van der Waals surface area contributed by atoms with Gasteiger partial charge in [0.2, 0.25) is 5.91 Å². The molecule has 0 spiro atoms. The number of aromatic amines is 1. The molecule has 1 amide bonds. The highest BCUT2D eigenvalue weighted by Gasteiger charge is 2.23. The lowest BCUT2D eigenvalue weighted by Crippen LogP contribution is -2.16. The Morgan fingerprint density at radius 3 is 2.72 bits per heavy atom. The number of benzene rings is 3. The van der Waals surface area contributed by atoms with Gasteiger partial charge in [-0.15, -0.1) is 0 Å². The van der Waals surface area contributed by atoms with Gasteiger partial charge in [0.25, 0.3) is 0 Å². The molecule has 0 bridgehead atoms. The Morgan fingerprint density at radius 1 is 1.08 bits per heavy atom. The Morgan fingerprint density at radius 2 is 1.92 bits per heavy atom. The highest BCUT2D eigenvalue weighted by molar-refractivity contribution is 5.99. The third-order valence-electron chi connectivity index (χ3n) is 5.97. The zero-order valence-corrected chi connectivity index (χ0v) is 19.3. The van der Waals surface area contributed by atoms with Gasteiger partial charge in [-0.3, -0.25) is 4.79 Å². The highest BCUT2D eigenvalue weighted by atomic mass is 19.1. The minimum atomic E-state index is -0.716. The van der Waals surface area contributed by atoms with Crippen molar-refractivity contribution >= 4 is 28.2 Å². The molecule has 6 N–H and O–H groups in total. The first-order chi connectivity index (χ1) is 17.4. The van der Waals surface area contributed by atoms with Crippen LogP contribution in [0, 0.1) is 5.82 Å². The summed E-state index contributed by atoms with van der Waals surface area (Å²) >= 11 is 0. The van der Waals surface area contributed by atoms with E-state index in [1.54, 1.807) is 48.8 Å². The van der Waals surface area contributed by atoms with Crippen molar-refractivity contribution in [3.8, 4) is 17.0 Å². The fourth-order valence-corrected chi connectivity index (χ4v) is 4.17. The van der Waals surface area contributed by atoms with Crippen LogP contribution in [-0.4, -0.2) is 28.0 Å². The number of H-pyrrole nitrogens is 1. The minimum Gasteiger partial charge on any atom is -0.497 e. The van der Waals surface area contributed by atoms with Crippen LogP contribution in [0.1, 0.15) is 27.8 Å². The molecule has 5 rings (SSSR count). The number of anilines is 2. The summed E-state index contributed by atoms with van der Waals surface area (Å²) in [6.07, 6.45) is 3.23. The monoisotopic (exact) mass is 482 g/mol. The number of nitrogens with one attached hydrogen (secondary N) is 2. The van der Waals surface area contributed by atoms with Crippen LogP contribution in [0.25, 0.3) is 22.0 Å². The Labute approximate surface area is 206 Å². The number of rotatable bonds is 7. The Kier molecular flexibility index (Phi) is 5.95. The number of ether oxygens (including phenoxy) is 1. The molecule has 0 saturated carbocycles. The summed E-state index contributed by atoms with van der Waals surface area (Å²) in [6, 6.07) is 18.2. The molecule has 8 nitrogen and oxygen atoms in total. The number of hydrogen-bond donors (Lipinski definition) is 4. The third-order valence-corrected chi connectivity index (χ3v) is 5.97. The van der Waals surface area contributed by atoms with Crippen molar-refractivity contribution in [3.05, 3.63) is 102 Å². The lowest BCUT2D eigenvalue weighted by molar-refractivity contribution is 0.100. The molecule has 3 aromatic carbocycles. The molecule has 1 atom stereocenters. The van der Waals surface area contributed by atoms with Gasteiger partial charge >= 0.3 is 0 Å². The molecule has 0 fully saturated rings. The van der Waals surface area contributed by atoms with Crippen molar-refractivity contribution in [3.63, 3.8) is 0 Å². The summed E-state index contributed by atoms with van der Waals surface area (Å²) in [4.78, 5) is 23.8. The van der Waals surface area contributed by atoms with Gasteiger partial charge in [-0.2, -0.15) is 0 Å². The van der Waals surface area contributed by atoms with E-state index in [1.165, 1.54) is 13.2 Å². The smallest absolute Gasteiger partial charge is 0.249 e. The summed E-state index contributed by atoms with van der Waals surface area (Å²) < 4.78 is 20.5. The third kappa shape index (κ3) is 4.29. The number of aromatic nitrogens is 3. The standard InChI is InChI=1S/C27H23FN6O2/c1-36-17-7-9-22(28)21(13-17)24(33-16-6-8-18-15(12-16)10-11-31-25(18)29)27-32-14-23(34-27)19-4-2-3-5-20(19)26(30)35/h2-14,24,33H,1H3,(H2,29,31)(H2,30,35)(H,32,34). The number of nitrogens with two attached hydrogens (primary N) is 2. The number of primary amides is 1. The number of amides is 1. The Balaban J connectivity index is 1.60. The number of carbonyl (C=O) groups is 1. The molecule has 1 unspecified atom stereocenters. The molecule has 0 aliphatic carbocycles. The largest absolute Gasteiger partial charge is 0.497 e. The zero-order chi connectivity index (χ0) is 25.2. The molecule has 5 aromatic rings. The molecule has 0 aliphatic heterocycles. The number of fused-ring (bicyclic) bond motifs is 1. The summed E-state index contributed by atoms with van der Waals surface area (Å²) in [6.45, 7) is 0. The quantitative estimate of drug-likeness (QED) is 0.267. The summed E-state index contributed by atoms with van der Waals surface area (Å²) in [5.41, 5.74) is 14.1. The first-order valence-corrected chi connectivity index (χ1v) is 11.1. The van der Waals surface area contributed by atoms with E-state index in [0.29, 0.717) is 39.8 Å². The van der Waals surface area contributed by atoms with Crippen LogP contribution in [0.4, 0.5) is 15.9 Å². The van der Waals surface area contributed by atoms with Crippen molar-refractivity contribution in [2.24, 2.45) is 5.73 Å². The molecular formula is C27H23FN6O2. The summed E-state index contributed by atoms with van der Waals surface area (Å²) in [7, 11) is 1.52. The Bertz CT molecular complexity index is 1580. The number of pyridine rings is 1. The lowest BCUT2D eigenvalue weighted by Gasteiger charge is -2.20. The second-order valence-corrected chi connectivity index (χ2v) is 8.19. The highest BCUT2D eigenvalue weighted by Crippen LogP contribution is 2.33. The Hall–Kier alpha value is -4.92. The van der Waals surface area contributed by atoms with Crippen LogP contribution in [0.2, 0.25) is 0 Å². The number of imidazole rings is 1. The number of hydrogen-bond acceptors (Lipinski definition) is 6. The van der Waals surface area contributed by atoms with E-state index in [1.807, 2.05) is 24.3 Å². The van der Waals surface area contributed by atoms with E-state index < -0.39 is 17.8 Å². The fourth-order valence-electron chi connectivity index (χ4n) is 4.17. The number of methoxy groups -OCH3 is 1. The number of halogens is 1. The van der Waals surface area contributed by atoms with Crippen molar-refractivity contribution in [2.75, 3.05) is 18.2 Å². The average Bonchev–Trinajstić information content (AvgIpc) is 3.38. The number of nitrogens with zero attached hydrogens (tertiary/aromatic N) is 2. The predicted octanol–water partition coefficient (Wildman–Crippen LogP) is 4.66. The van der Waals surface area contributed by atoms with Crippen LogP contribution in [0.5, 0.6) is 5.75 Å². The van der Waals surface area contributed by atoms with Crippen LogP contribution in [0.15, 0.2) is 79.1 Å². The zero-order valence-electron chi connectivity index (χ0n) is 19.3. The molecule has 9 heteroatoms. The van der Waals surface area contributed by atoms with E-state index in [2.05, 4.69) is 20.3 Å². The molecule has 36 heavy (non-hydrogen) atoms. The van der Waals surface area contributed by atoms with Crippen LogP contribution >= 0.6 is 0 Å². The van der Waals surface area contributed by atoms with Crippen molar-refractivity contribution in [1.29, 1.82) is 0 Å². The molecule has 0 radical (unpaired) electrons. The van der Waals surface area contributed by atoms with Crippen LogP contribution in [-0.2, 0) is 0 Å². The first kappa shape index (κ1) is 22.9. The number of carbonyl (C=O) groups excluding carboxylic acids is 1. The topological polar surface area (TPSA) is 132 Å². The maximum atomic E-state index is 15.1. The van der Waals surface area contributed by atoms with Gasteiger partial charge in [0.1, 0.15) is 29.3 Å². The van der Waals surface area contributed by atoms with E-state index in [4.69, 9.17) is 16.2 Å². The fraction of sp³-hybridized carbons (Fsp3) is 0.0741. The van der Waals surface area contributed by atoms with Gasteiger partial charge in [0, 0.05) is 34.0 Å². The van der Waals surface area contributed by atoms with Gasteiger partial charge < -0.3 is 26.5 Å². The van der Waals surface area contributed by atoms with Gasteiger partial charge in [-0.05, 0) is 53.9 Å². The lowest BCUT2D eigenvalue weighted by atomic mass is 10.0. The van der Waals surface area contributed by atoms with Gasteiger partial charge in [0.05, 0.1) is 19.0 Å². The SMILES string of the molecule is COc1ccc(F)c(C(Nc2ccc3c(N)nccc3c2)c2ncc(-c3ccccc3C(N)=O)[nH]2)c1. The molecule has 180 valence electrons. The summed E-state index contributed by atoms with van der Waals surface area (Å²) in [5, 5.41) is 5.07. The van der Waals surface area contributed by atoms with E-state index in [0.717, 1.165) is 16.5 Å². The van der Waals surface area contributed by atoms with E-state index in [9.17, 15) is 4.79 Å². The molecule has 2 aromatic heterocycles. The maximum Gasteiger partial charge on any atom is 0.249 e. The first-order valence-electron chi connectivity index (χ1n) is 11.1. The van der Waals surface area contributed by atoms with Crippen LogP contribution in [0.3, 0.4) is 0 Å². The number of nitrogen functional groups attached to an aromatic ring is 1. The molecular weight excluding hydrogens is 459 g/mol. The molecule has 0 saturated heterocycles. The van der Waals surface area contributed by atoms with E-state index in [-0.39, 0.29) is 0 Å². The minimum absolute atomic E-state index is 0.327. The van der Waals surface area contributed by atoms with Crippen molar-refractivity contribution in [2.45, 2.75) is 6.04 Å². The molecule has 0 aliphatic rings. The predicted molar refractivity (Wildman–Crippen MR) is 137 cm³/mol. The van der Waals surface area contributed by atoms with Crippen molar-refractivity contribution < 1.29 is 13.9 Å². The van der Waals surface area contributed by atoms with Gasteiger partial charge in [-0.1, -0.05) is 18.2 Å². The van der Waals surface area contributed by atoms with Crippen molar-refractivity contribution in [1.82, 2.24) is 15.0 Å². The maximum absolute atomic E-state index is 15.1. The van der Waals surface area contributed by atoms with Gasteiger partial charge in [-0.25, -0.2) is 14.4 Å². The second kappa shape index (κ2) is 9.38. The van der Waals surface area contributed by atoms with Gasteiger partial charge in [0.15, 0.2) is 0 Å². The van der Waals surface area contributed by atoms with E-state index >= 15 is 4.39 Å². The summed E-state index contributed by atoms with van der Waals surface area (Å²) in [5.74, 6) is 0.378. The normalized spacial score (nSPS) is 11.8.